The lowest BCUT2D eigenvalue weighted by Crippen LogP contribution is -2.24. The van der Waals surface area contributed by atoms with Crippen molar-refractivity contribution in [1.29, 1.82) is 0 Å². The van der Waals surface area contributed by atoms with Gasteiger partial charge in [-0.25, -0.2) is 4.98 Å². The third-order valence-corrected chi connectivity index (χ3v) is 7.14. The Morgan fingerprint density at radius 3 is 2.66 bits per heavy atom. The lowest BCUT2D eigenvalue weighted by Gasteiger charge is -2.14. The lowest BCUT2D eigenvalue weighted by atomic mass is 10.2. The third-order valence-electron chi connectivity index (χ3n) is 4.48. The zero-order chi connectivity index (χ0) is 23.1. The van der Waals surface area contributed by atoms with Crippen molar-refractivity contribution in [3.05, 3.63) is 57.9 Å². The number of amides is 2. The van der Waals surface area contributed by atoms with Crippen molar-refractivity contribution in [2.75, 3.05) is 10.6 Å². The first kappa shape index (κ1) is 24.6. The number of hydrogen-bond donors (Lipinski definition) is 2. The molecule has 32 heavy (non-hydrogen) atoms. The van der Waals surface area contributed by atoms with E-state index in [1.165, 1.54) is 23.1 Å². The number of nitrogens with zero attached hydrogens (tertiary/aromatic N) is 1. The van der Waals surface area contributed by atoms with E-state index in [4.69, 9.17) is 23.2 Å². The molecule has 0 saturated carbocycles. The minimum atomic E-state index is -0.303. The Balaban J connectivity index is 1.66. The van der Waals surface area contributed by atoms with E-state index in [-0.39, 0.29) is 17.1 Å². The van der Waals surface area contributed by atoms with Crippen LogP contribution in [0, 0.1) is 0 Å². The lowest BCUT2D eigenvalue weighted by molar-refractivity contribution is -0.116. The van der Waals surface area contributed by atoms with E-state index in [1.807, 2.05) is 49.6 Å². The minimum Gasteiger partial charge on any atom is -0.326 e. The van der Waals surface area contributed by atoms with Crippen molar-refractivity contribution in [1.82, 2.24) is 4.98 Å². The van der Waals surface area contributed by atoms with E-state index in [1.54, 1.807) is 12.1 Å². The number of benzene rings is 2. The maximum atomic E-state index is 12.9. The van der Waals surface area contributed by atoms with E-state index in [2.05, 4.69) is 15.6 Å². The number of carbonyl (C=O) groups excluding carboxylic acids is 2. The molecule has 9 heteroatoms. The normalized spacial score (nSPS) is 11.8. The van der Waals surface area contributed by atoms with Crippen molar-refractivity contribution in [2.45, 2.75) is 43.3 Å². The number of carbonyl (C=O) groups is 2. The van der Waals surface area contributed by atoms with Crippen molar-refractivity contribution in [2.24, 2.45) is 0 Å². The van der Waals surface area contributed by atoms with E-state index < -0.39 is 0 Å². The Morgan fingerprint density at radius 2 is 1.94 bits per heavy atom. The summed E-state index contributed by atoms with van der Waals surface area (Å²) in [6.07, 6.45) is 1.92. The van der Waals surface area contributed by atoms with Gasteiger partial charge in [0.15, 0.2) is 5.13 Å². The molecule has 1 unspecified atom stereocenters. The van der Waals surface area contributed by atoms with Crippen LogP contribution in [0.5, 0.6) is 0 Å². The highest BCUT2D eigenvalue weighted by atomic mass is 35.5. The van der Waals surface area contributed by atoms with Gasteiger partial charge in [0.2, 0.25) is 11.8 Å². The molecular formula is C23H23Cl2N3O2S2. The SMILES string of the molecule is CCCC(=O)Nc1cccc(SC(CC)C(=O)Nc2nc(-c3ccc(Cl)cc3Cl)cs2)c1. The first-order valence-corrected chi connectivity index (χ1v) is 12.7. The monoisotopic (exact) mass is 507 g/mol. The van der Waals surface area contributed by atoms with Crippen LogP contribution in [0.1, 0.15) is 33.1 Å². The number of thioether (sulfide) groups is 1. The summed E-state index contributed by atoms with van der Waals surface area (Å²) in [5, 5.41) is 8.91. The molecule has 0 fully saturated rings. The van der Waals surface area contributed by atoms with Crippen LogP contribution in [0.3, 0.4) is 0 Å². The Hall–Kier alpha value is -2.06. The van der Waals surface area contributed by atoms with Gasteiger partial charge in [-0.2, -0.15) is 0 Å². The number of rotatable bonds is 9. The highest BCUT2D eigenvalue weighted by Gasteiger charge is 2.20. The predicted molar refractivity (Wildman–Crippen MR) is 136 cm³/mol. The van der Waals surface area contributed by atoms with Crippen LogP contribution in [0.2, 0.25) is 10.0 Å². The number of aromatic nitrogens is 1. The number of halogens is 2. The topological polar surface area (TPSA) is 71.1 Å². The number of thiazole rings is 1. The summed E-state index contributed by atoms with van der Waals surface area (Å²) in [4.78, 5) is 30.1. The van der Waals surface area contributed by atoms with Crippen LogP contribution in [0.4, 0.5) is 10.8 Å². The smallest absolute Gasteiger partial charge is 0.239 e. The van der Waals surface area contributed by atoms with Gasteiger partial charge in [-0.1, -0.05) is 43.1 Å². The molecule has 0 spiro atoms. The zero-order valence-corrected chi connectivity index (χ0v) is 20.8. The molecule has 5 nitrogen and oxygen atoms in total. The average molecular weight is 508 g/mol. The Labute approximate surface area is 205 Å². The van der Waals surface area contributed by atoms with Gasteiger partial charge in [0, 0.05) is 33.0 Å². The number of hydrogen-bond acceptors (Lipinski definition) is 5. The summed E-state index contributed by atoms with van der Waals surface area (Å²) in [5.41, 5.74) is 2.17. The van der Waals surface area contributed by atoms with Crippen molar-refractivity contribution in [3.63, 3.8) is 0 Å². The fraction of sp³-hybridized carbons (Fsp3) is 0.261. The maximum Gasteiger partial charge on any atom is 0.239 e. The molecule has 2 amide bonds. The summed E-state index contributed by atoms with van der Waals surface area (Å²) >= 11 is 15.0. The zero-order valence-electron chi connectivity index (χ0n) is 17.7. The second kappa shape index (κ2) is 11.7. The maximum absolute atomic E-state index is 12.9. The molecular weight excluding hydrogens is 485 g/mol. The molecule has 1 aromatic heterocycles. The van der Waals surface area contributed by atoms with E-state index in [9.17, 15) is 9.59 Å². The van der Waals surface area contributed by atoms with E-state index in [0.29, 0.717) is 33.7 Å². The van der Waals surface area contributed by atoms with Crippen LogP contribution in [0.15, 0.2) is 52.7 Å². The quantitative estimate of drug-likeness (QED) is 0.296. The van der Waals surface area contributed by atoms with Gasteiger partial charge in [-0.3, -0.25) is 9.59 Å². The summed E-state index contributed by atoms with van der Waals surface area (Å²) in [7, 11) is 0. The molecule has 0 aliphatic heterocycles. The molecule has 1 heterocycles. The molecule has 168 valence electrons. The van der Waals surface area contributed by atoms with Crippen molar-refractivity contribution >= 4 is 68.9 Å². The number of nitrogens with one attached hydrogen (secondary N) is 2. The largest absolute Gasteiger partial charge is 0.326 e. The molecule has 2 aromatic carbocycles. The van der Waals surface area contributed by atoms with Gasteiger partial charge < -0.3 is 10.6 Å². The summed E-state index contributed by atoms with van der Waals surface area (Å²) in [5.74, 6) is -0.138. The van der Waals surface area contributed by atoms with Crippen molar-refractivity contribution < 1.29 is 9.59 Å². The second-order valence-corrected chi connectivity index (χ2v) is 9.97. The molecule has 3 rings (SSSR count). The van der Waals surface area contributed by atoms with E-state index in [0.717, 1.165) is 22.6 Å². The highest BCUT2D eigenvalue weighted by Crippen LogP contribution is 2.33. The Bertz CT molecular complexity index is 1100. The van der Waals surface area contributed by atoms with Gasteiger partial charge in [0.25, 0.3) is 0 Å². The highest BCUT2D eigenvalue weighted by molar-refractivity contribution is 8.00. The first-order chi connectivity index (χ1) is 15.4. The van der Waals surface area contributed by atoms with Crippen LogP contribution < -0.4 is 10.6 Å². The molecule has 3 aromatic rings. The van der Waals surface area contributed by atoms with Gasteiger partial charge >= 0.3 is 0 Å². The fourth-order valence-electron chi connectivity index (χ4n) is 2.92. The van der Waals surface area contributed by atoms with Gasteiger partial charge in [-0.05, 0) is 49.2 Å². The Morgan fingerprint density at radius 1 is 1.12 bits per heavy atom. The summed E-state index contributed by atoms with van der Waals surface area (Å²) in [6.45, 7) is 3.93. The van der Waals surface area contributed by atoms with Gasteiger partial charge in [-0.15, -0.1) is 23.1 Å². The van der Waals surface area contributed by atoms with Crippen LogP contribution in [0.25, 0.3) is 11.3 Å². The molecule has 1 atom stereocenters. The molecule has 0 radical (unpaired) electrons. The van der Waals surface area contributed by atoms with Crippen LogP contribution >= 0.6 is 46.3 Å². The van der Waals surface area contributed by atoms with Gasteiger partial charge in [0.1, 0.15) is 0 Å². The number of anilines is 2. The minimum absolute atomic E-state index is 0.0141. The predicted octanol–water partition coefficient (Wildman–Crippen LogP) is 7.36. The van der Waals surface area contributed by atoms with Crippen LogP contribution in [-0.4, -0.2) is 22.0 Å². The van der Waals surface area contributed by atoms with Gasteiger partial charge in [0.05, 0.1) is 16.0 Å². The molecule has 0 aliphatic carbocycles. The fourth-order valence-corrected chi connectivity index (χ4v) is 5.15. The first-order valence-electron chi connectivity index (χ1n) is 10.2. The average Bonchev–Trinajstić information content (AvgIpc) is 3.20. The molecule has 0 aliphatic rings. The van der Waals surface area contributed by atoms with Crippen molar-refractivity contribution in [3.8, 4) is 11.3 Å². The molecule has 2 N–H and O–H groups in total. The summed E-state index contributed by atoms with van der Waals surface area (Å²) < 4.78 is 0. The summed E-state index contributed by atoms with van der Waals surface area (Å²) in [6, 6.07) is 12.8. The molecule has 0 saturated heterocycles. The van der Waals surface area contributed by atoms with E-state index >= 15 is 0 Å². The molecule has 0 bridgehead atoms. The Kier molecular flexibility index (Phi) is 8.99. The standard InChI is InChI=1S/C23H23Cl2N3O2S2/c1-3-6-21(29)26-15-7-5-8-16(12-15)32-20(4-2)22(30)28-23-27-19(13-31-23)17-10-9-14(24)11-18(17)25/h5,7-13,20H,3-4,6H2,1-2H3,(H,26,29)(H,27,28,30). The third kappa shape index (κ3) is 6.72. The second-order valence-electron chi connectivity index (χ2n) is 6.99. The van der Waals surface area contributed by atoms with Crippen LogP contribution in [-0.2, 0) is 9.59 Å².